The van der Waals surface area contributed by atoms with E-state index in [-0.39, 0.29) is 17.7 Å². The van der Waals surface area contributed by atoms with Crippen molar-refractivity contribution < 1.29 is 18.3 Å². The number of benzene rings is 1. The quantitative estimate of drug-likeness (QED) is 0.859. The summed E-state index contributed by atoms with van der Waals surface area (Å²) >= 11 is 0. The molecule has 0 radical (unpaired) electrons. The van der Waals surface area contributed by atoms with E-state index in [1.807, 2.05) is 18.3 Å². The van der Waals surface area contributed by atoms with Crippen molar-refractivity contribution in [3.05, 3.63) is 59.9 Å². The lowest BCUT2D eigenvalue weighted by molar-refractivity contribution is -0.0498. The van der Waals surface area contributed by atoms with E-state index in [4.69, 9.17) is 0 Å². The number of nitrogens with zero attached hydrogens (tertiary/aromatic N) is 2. The topological polar surface area (TPSA) is 54.5 Å². The van der Waals surface area contributed by atoms with Gasteiger partial charge in [-0.25, -0.2) is 0 Å². The Morgan fingerprint density at radius 3 is 3.00 bits per heavy atom. The third kappa shape index (κ3) is 5.23. The molecule has 3 rings (SSSR count). The summed E-state index contributed by atoms with van der Waals surface area (Å²) in [5.74, 6) is -0.299. The normalized spacial score (nSPS) is 17.9. The first-order valence-corrected chi connectivity index (χ1v) is 8.57. The molecule has 1 aromatic heterocycles. The van der Waals surface area contributed by atoms with Gasteiger partial charge in [-0.3, -0.25) is 14.7 Å². The van der Waals surface area contributed by atoms with Crippen molar-refractivity contribution in [3.63, 3.8) is 0 Å². The average molecular weight is 361 g/mol. The Bertz CT molecular complexity index is 728. The minimum atomic E-state index is -2.91. The fraction of sp³-hybridized carbons (Fsp3) is 0.368. The van der Waals surface area contributed by atoms with Crippen molar-refractivity contribution in [2.45, 2.75) is 32.0 Å². The van der Waals surface area contributed by atoms with Crippen LogP contribution in [0.4, 0.5) is 8.78 Å². The fourth-order valence-corrected chi connectivity index (χ4v) is 3.15. The molecule has 138 valence electrons. The molecule has 1 aliphatic heterocycles. The molecule has 1 unspecified atom stereocenters. The Kier molecular flexibility index (Phi) is 6.12. The minimum absolute atomic E-state index is 0.0190. The van der Waals surface area contributed by atoms with Crippen molar-refractivity contribution >= 4 is 5.91 Å². The van der Waals surface area contributed by atoms with E-state index in [1.165, 1.54) is 18.2 Å². The molecule has 2 aromatic rings. The number of carbonyl (C=O) groups excluding carboxylic acids is 1. The molecule has 26 heavy (non-hydrogen) atoms. The van der Waals surface area contributed by atoms with Crippen LogP contribution in [0.1, 0.15) is 28.8 Å². The molecule has 7 heteroatoms. The van der Waals surface area contributed by atoms with Crippen LogP contribution in [0, 0.1) is 0 Å². The molecular formula is C19H21F2N3O2. The summed E-state index contributed by atoms with van der Waals surface area (Å²) in [4.78, 5) is 18.8. The first-order valence-electron chi connectivity index (χ1n) is 8.57. The van der Waals surface area contributed by atoms with Gasteiger partial charge in [-0.2, -0.15) is 8.78 Å². The zero-order chi connectivity index (χ0) is 18.4. The summed E-state index contributed by atoms with van der Waals surface area (Å²) in [5, 5.41) is 2.99. The molecule has 0 saturated carbocycles. The third-order valence-electron chi connectivity index (χ3n) is 4.29. The average Bonchev–Trinajstić information content (AvgIpc) is 2.62. The molecule has 1 saturated heterocycles. The number of piperidine rings is 1. The Morgan fingerprint density at radius 1 is 1.35 bits per heavy atom. The highest BCUT2D eigenvalue weighted by molar-refractivity contribution is 5.94. The van der Waals surface area contributed by atoms with Gasteiger partial charge in [0.1, 0.15) is 5.75 Å². The van der Waals surface area contributed by atoms with Crippen molar-refractivity contribution in [1.29, 1.82) is 0 Å². The van der Waals surface area contributed by atoms with E-state index in [0.29, 0.717) is 5.56 Å². The highest BCUT2D eigenvalue weighted by Gasteiger charge is 2.22. The number of rotatable bonds is 6. The van der Waals surface area contributed by atoms with E-state index in [0.717, 1.165) is 38.0 Å². The maximum absolute atomic E-state index is 12.4. The lowest BCUT2D eigenvalue weighted by Crippen LogP contribution is -2.47. The summed E-state index contributed by atoms with van der Waals surface area (Å²) in [6, 6.07) is 9.81. The molecule has 0 spiro atoms. The molecule has 1 aromatic carbocycles. The number of pyridine rings is 1. The lowest BCUT2D eigenvalue weighted by Gasteiger charge is -2.33. The smallest absolute Gasteiger partial charge is 0.387 e. The number of likely N-dealkylation sites (tertiary alicyclic amines) is 1. The Hall–Kier alpha value is -2.54. The van der Waals surface area contributed by atoms with E-state index in [9.17, 15) is 13.6 Å². The molecule has 1 aliphatic rings. The number of aromatic nitrogens is 1. The summed E-state index contributed by atoms with van der Waals surface area (Å²) in [7, 11) is 0. The minimum Gasteiger partial charge on any atom is -0.435 e. The number of hydrogen-bond acceptors (Lipinski definition) is 4. The second-order valence-corrected chi connectivity index (χ2v) is 6.32. The van der Waals surface area contributed by atoms with Crippen molar-refractivity contribution in [1.82, 2.24) is 15.2 Å². The molecule has 0 aliphatic carbocycles. The van der Waals surface area contributed by atoms with Crippen molar-refractivity contribution in [2.75, 3.05) is 13.1 Å². The van der Waals surface area contributed by atoms with E-state index in [2.05, 4.69) is 19.9 Å². The number of carbonyl (C=O) groups is 1. The second-order valence-electron chi connectivity index (χ2n) is 6.32. The Morgan fingerprint density at radius 2 is 2.23 bits per heavy atom. The van der Waals surface area contributed by atoms with Gasteiger partial charge in [0.25, 0.3) is 5.91 Å². The Labute approximate surface area is 151 Å². The maximum Gasteiger partial charge on any atom is 0.387 e. The fourth-order valence-electron chi connectivity index (χ4n) is 3.15. The monoisotopic (exact) mass is 361 g/mol. The van der Waals surface area contributed by atoms with Crippen LogP contribution in [-0.4, -0.2) is 41.5 Å². The molecule has 1 fully saturated rings. The van der Waals surface area contributed by atoms with Crippen LogP contribution in [0.3, 0.4) is 0 Å². The highest BCUT2D eigenvalue weighted by Crippen LogP contribution is 2.17. The summed E-state index contributed by atoms with van der Waals surface area (Å²) in [6.45, 7) is -0.405. The molecule has 5 nitrogen and oxygen atoms in total. The number of hydrogen-bond donors (Lipinski definition) is 1. The molecular weight excluding hydrogens is 340 g/mol. The number of ether oxygens (including phenoxy) is 1. The standard InChI is InChI=1S/C19H21F2N3O2/c20-19(21)26-17-7-1-5-15(10-17)18(25)23-16-6-3-9-24(13-16)12-14-4-2-8-22-11-14/h1-2,4-5,7-8,10-11,16,19H,3,6,9,12-13H2,(H,23,25). The molecule has 1 atom stereocenters. The van der Waals surface area contributed by atoms with Gasteiger partial charge in [-0.1, -0.05) is 12.1 Å². The van der Waals surface area contributed by atoms with Gasteiger partial charge < -0.3 is 10.1 Å². The molecule has 1 N–H and O–H groups in total. The van der Waals surface area contributed by atoms with E-state index < -0.39 is 6.61 Å². The van der Waals surface area contributed by atoms with Crippen LogP contribution in [0.25, 0.3) is 0 Å². The van der Waals surface area contributed by atoms with Gasteiger partial charge in [0.15, 0.2) is 0 Å². The highest BCUT2D eigenvalue weighted by atomic mass is 19.3. The maximum atomic E-state index is 12.4. The predicted octanol–water partition coefficient (Wildman–Crippen LogP) is 3.08. The van der Waals surface area contributed by atoms with E-state index >= 15 is 0 Å². The van der Waals surface area contributed by atoms with Gasteiger partial charge in [0, 0.05) is 37.1 Å². The largest absolute Gasteiger partial charge is 0.435 e. The van der Waals surface area contributed by atoms with E-state index in [1.54, 1.807) is 12.3 Å². The van der Waals surface area contributed by atoms with Gasteiger partial charge in [-0.15, -0.1) is 0 Å². The van der Waals surface area contributed by atoms with Crippen molar-refractivity contribution in [2.24, 2.45) is 0 Å². The molecule has 2 heterocycles. The summed E-state index contributed by atoms with van der Waals surface area (Å²) < 4.78 is 29.0. The Balaban J connectivity index is 1.57. The third-order valence-corrected chi connectivity index (χ3v) is 4.29. The number of nitrogens with one attached hydrogen (secondary N) is 1. The van der Waals surface area contributed by atoms with Crippen LogP contribution >= 0.6 is 0 Å². The van der Waals surface area contributed by atoms with Gasteiger partial charge >= 0.3 is 6.61 Å². The first kappa shape index (κ1) is 18.3. The zero-order valence-corrected chi connectivity index (χ0v) is 14.3. The summed E-state index contributed by atoms with van der Waals surface area (Å²) in [5.41, 5.74) is 1.45. The first-order chi connectivity index (χ1) is 12.6. The van der Waals surface area contributed by atoms with Crippen LogP contribution in [0.2, 0.25) is 0 Å². The SMILES string of the molecule is O=C(NC1CCCN(Cc2cccnc2)C1)c1cccc(OC(F)F)c1. The van der Waals surface area contributed by atoms with Gasteiger partial charge in [0.2, 0.25) is 0 Å². The van der Waals surface area contributed by atoms with Crippen LogP contribution in [0.5, 0.6) is 5.75 Å². The number of alkyl halides is 2. The lowest BCUT2D eigenvalue weighted by atomic mass is 10.0. The zero-order valence-electron chi connectivity index (χ0n) is 14.3. The summed E-state index contributed by atoms with van der Waals surface area (Å²) in [6.07, 6.45) is 5.47. The van der Waals surface area contributed by atoms with Crippen LogP contribution in [-0.2, 0) is 6.54 Å². The van der Waals surface area contributed by atoms with Crippen LogP contribution in [0.15, 0.2) is 48.8 Å². The predicted molar refractivity (Wildman–Crippen MR) is 93.1 cm³/mol. The van der Waals surface area contributed by atoms with Gasteiger partial charge in [0.05, 0.1) is 0 Å². The number of halogens is 2. The van der Waals surface area contributed by atoms with Crippen LogP contribution < -0.4 is 10.1 Å². The second kappa shape index (κ2) is 8.71. The number of amides is 1. The van der Waals surface area contributed by atoms with Crippen molar-refractivity contribution in [3.8, 4) is 5.75 Å². The molecule has 1 amide bonds. The van der Waals surface area contributed by atoms with Gasteiger partial charge in [-0.05, 0) is 49.2 Å². The molecule has 0 bridgehead atoms.